The molecule has 0 N–H and O–H groups in total. The quantitative estimate of drug-likeness (QED) is 0.154. The standard InChI is InChI=1S/C79H86BN3/c1-49-42-50(2)44-51(43-49)52-45-69-73-70(46-52)83(66-39-31-57(78(15,16)17)48-64(66)80(73)63-47-56(77(12,13)14)30-38-65(63)82(69)60-36-28-55(29-37-60)76(9,10)11)68-41-40-67(71-61-22-20-21-23-62(61)79(18,19)72(68)71)81(58-32-24-53(25-33-58)74(3,4)5)59-34-26-54(27-35-59)75(6,7)8/h20-48H,1-19H3. The number of hydrogen-bond donors (Lipinski definition) is 0. The van der Waals surface area contributed by atoms with E-state index in [1.807, 2.05) is 0 Å². The van der Waals surface area contributed by atoms with Crippen LogP contribution in [0.15, 0.2) is 176 Å². The summed E-state index contributed by atoms with van der Waals surface area (Å²) in [5.41, 5.74) is 31.0. The molecule has 0 unspecified atom stereocenters. The first-order chi connectivity index (χ1) is 38.9. The molecule has 3 aliphatic rings. The third-order valence-electron chi connectivity index (χ3n) is 18.5. The largest absolute Gasteiger partial charge is 0.311 e. The summed E-state index contributed by atoms with van der Waals surface area (Å²) in [6.07, 6.45) is 0. The van der Waals surface area contributed by atoms with E-state index in [0.717, 1.165) is 17.1 Å². The van der Waals surface area contributed by atoms with E-state index in [2.05, 4.69) is 322 Å². The molecule has 12 rings (SSSR count). The number of rotatable bonds is 6. The highest BCUT2D eigenvalue weighted by molar-refractivity contribution is 7.00. The smallest absolute Gasteiger partial charge is 0.252 e. The summed E-state index contributed by atoms with van der Waals surface area (Å²) in [6, 6.07) is 69.3. The summed E-state index contributed by atoms with van der Waals surface area (Å²) in [7, 11) is 0. The van der Waals surface area contributed by atoms with Gasteiger partial charge in [-0.15, -0.1) is 0 Å². The lowest BCUT2D eigenvalue weighted by Crippen LogP contribution is -2.61. The normalized spacial score (nSPS) is 14.5. The fourth-order valence-corrected chi connectivity index (χ4v) is 13.8. The van der Waals surface area contributed by atoms with E-state index in [9.17, 15) is 0 Å². The van der Waals surface area contributed by atoms with Crippen LogP contribution in [0, 0.1) is 13.8 Å². The number of aryl methyl sites for hydroxylation is 2. The van der Waals surface area contributed by atoms with Gasteiger partial charge in [-0.1, -0.05) is 232 Å². The lowest BCUT2D eigenvalue weighted by atomic mass is 9.33. The van der Waals surface area contributed by atoms with Crippen molar-refractivity contribution in [3.8, 4) is 22.3 Å². The average Bonchev–Trinajstić information content (AvgIpc) is 2.47. The zero-order valence-electron chi connectivity index (χ0n) is 53.2. The van der Waals surface area contributed by atoms with Crippen molar-refractivity contribution >= 4 is 74.3 Å². The number of anilines is 9. The van der Waals surface area contributed by atoms with Crippen molar-refractivity contribution in [1.29, 1.82) is 0 Å². The van der Waals surface area contributed by atoms with Crippen LogP contribution in [-0.4, -0.2) is 6.71 Å². The Kier molecular flexibility index (Phi) is 13.0. The molecule has 0 atom stereocenters. The van der Waals surface area contributed by atoms with Gasteiger partial charge in [0, 0.05) is 50.8 Å². The highest BCUT2D eigenvalue weighted by Crippen LogP contribution is 2.60. The molecule has 4 heteroatoms. The summed E-state index contributed by atoms with van der Waals surface area (Å²) in [4.78, 5) is 7.84. The summed E-state index contributed by atoms with van der Waals surface area (Å²) < 4.78 is 0. The van der Waals surface area contributed by atoms with Crippen LogP contribution in [0.3, 0.4) is 0 Å². The Hall–Kier alpha value is -7.56. The molecule has 0 aromatic heterocycles. The van der Waals surface area contributed by atoms with Gasteiger partial charge in [0.25, 0.3) is 6.71 Å². The van der Waals surface area contributed by atoms with E-state index in [0.29, 0.717) is 0 Å². The second-order valence-corrected chi connectivity index (χ2v) is 30.2. The van der Waals surface area contributed by atoms with Crippen molar-refractivity contribution < 1.29 is 0 Å². The van der Waals surface area contributed by atoms with Gasteiger partial charge >= 0.3 is 0 Å². The third-order valence-corrected chi connectivity index (χ3v) is 18.5. The molecule has 0 radical (unpaired) electrons. The first kappa shape index (κ1) is 56.0. The summed E-state index contributed by atoms with van der Waals surface area (Å²) in [5, 5.41) is 0. The topological polar surface area (TPSA) is 9.72 Å². The minimum Gasteiger partial charge on any atom is -0.311 e. The number of benzene rings is 9. The lowest BCUT2D eigenvalue weighted by Gasteiger charge is -2.46. The fraction of sp³-hybridized carbons (Fsp3) is 0.316. The molecular formula is C79H86BN3. The predicted octanol–water partition coefficient (Wildman–Crippen LogP) is 20.3. The van der Waals surface area contributed by atoms with Crippen molar-refractivity contribution in [2.45, 2.75) is 164 Å². The first-order valence-electron chi connectivity index (χ1n) is 30.4. The summed E-state index contributed by atoms with van der Waals surface area (Å²) >= 11 is 0. The van der Waals surface area contributed by atoms with Crippen LogP contribution in [-0.2, 0) is 32.5 Å². The maximum atomic E-state index is 2.71. The molecule has 0 saturated carbocycles. The Morgan fingerprint density at radius 1 is 0.386 bits per heavy atom. The molecule has 83 heavy (non-hydrogen) atoms. The van der Waals surface area contributed by atoms with Gasteiger partial charge in [0.15, 0.2) is 0 Å². The number of hydrogen-bond acceptors (Lipinski definition) is 3. The molecule has 2 aliphatic heterocycles. The van der Waals surface area contributed by atoms with Crippen molar-refractivity contribution in [2.24, 2.45) is 0 Å². The Morgan fingerprint density at radius 3 is 1.28 bits per heavy atom. The summed E-state index contributed by atoms with van der Waals surface area (Å²) in [5.74, 6) is 0. The predicted molar refractivity (Wildman–Crippen MR) is 361 cm³/mol. The SMILES string of the molecule is Cc1cc(C)cc(-c2cc3c4c(c2)N(c2ccc(N(c5ccc(C(C)(C)C)cc5)c5ccc(C(C)(C)C)cc5)c5c2C(C)(C)c2ccccc2-5)c2ccc(C(C)(C)C)cc2B4c2cc(C(C)(C)C)ccc2N3c2ccc(C(C)(C)C)cc2)c1. The van der Waals surface area contributed by atoms with E-state index in [1.165, 1.54) is 123 Å². The van der Waals surface area contributed by atoms with Gasteiger partial charge in [0.1, 0.15) is 0 Å². The van der Waals surface area contributed by atoms with Gasteiger partial charge in [0.05, 0.1) is 11.4 Å². The Morgan fingerprint density at radius 2 is 0.795 bits per heavy atom. The molecule has 9 aromatic carbocycles. The minimum atomic E-state index is -0.391. The van der Waals surface area contributed by atoms with Crippen LogP contribution < -0.4 is 31.1 Å². The monoisotopic (exact) mass is 1090 g/mol. The minimum absolute atomic E-state index is 0.0101. The van der Waals surface area contributed by atoms with Gasteiger partial charge in [-0.3, -0.25) is 0 Å². The molecule has 0 spiro atoms. The summed E-state index contributed by atoms with van der Waals surface area (Å²) in [6.45, 7) is 44.3. The van der Waals surface area contributed by atoms with Gasteiger partial charge in [0.2, 0.25) is 0 Å². The molecule has 3 nitrogen and oxygen atoms in total. The second-order valence-electron chi connectivity index (χ2n) is 30.2. The molecule has 420 valence electrons. The highest BCUT2D eigenvalue weighted by Gasteiger charge is 2.48. The lowest BCUT2D eigenvalue weighted by molar-refractivity contribution is 0.590. The van der Waals surface area contributed by atoms with E-state index in [4.69, 9.17) is 0 Å². The molecular weight excluding hydrogens is 1000 g/mol. The van der Waals surface area contributed by atoms with Crippen LogP contribution >= 0.6 is 0 Å². The first-order valence-corrected chi connectivity index (χ1v) is 30.4. The van der Waals surface area contributed by atoms with Gasteiger partial charge < -0.3 is 14.7 Å². The third kappa shape index (κ3) is 9.53. The number of nitrogens with zero attached hydrogens (tertiary/aromatic N) is 3. The molecule has 0 bridgehead atoms. The second kappa shape index (κ2) is 19.2. The van der Waals surface area contributed by atoms with E-state index < -0.39 is 5.41 Å². The molecule has 2 heterocycles. The molecule has 1 aliphatic carbocycles. The fourth-order valence-electron chi connectivity index (χ4n) is 13.8. The Balaban J connectivity index is 1.21. The molecule has 0 saturated heterocycles. The van der Waals surface area contributed by atoms with Crippen LogP contribution in [0.25, 0.3) is 22.3 Å². The maximum Gasteiger partial charge on any atom is 0.252 e. The van der Waals surface area contributed by atoms with Crippen LogP contribution in [0.5, 0.6) is 0 Å². The average molecular weight is 1090 g/mol. The Bertz CT molecular complexity index is 3950. The zero-order chi connectivity index (χ0) is 59.2. The van der Waals surface area contributed by atoms with Crippen molar-refractivity contribution in [3.05, 3.63) is 226 Å². The molecule has 0 fully saturated rings. The van der Waals surface area contributed by atoms with Gasteiger partial charge in [-0.2, -0.15) is 0 Å². The van der Waals surface area contributed by atoms with Crippen molar-refractivity contribution in [1.82, 2.24) is 0 Å². The van der Waals surface area contributed by atoms with Crippen molar-refractivity contribution in [2.75, 3.05) is 14.7 Å². The molecule has 9 aromatic rings. The number of fused-ring (bicyclic) bond motifs is 7. The van der Waals surface area contributed by atoms with Crippen molar-refractivity contribution in [3.63, 3.8) is 0 Å². The van der Waals surface area contributed by atoms with Crippen LogP contribution in [0.1, 0.15) is 168 Å². The van der Waals surface area contributed by atoms with Gasteiger partial charge in [-0.05, 0) is 186 Å². The van der Waals surface area contributed by atoms with Crippen LogP contribution in [0.4, 0.5) is 51.2 Å². The highest BCUT2D eigenvalue weighted by atomic mass is 15.2. The molecule has 0 amide bonds. The Labute approximate surface area is 498 Å². The van der Waals surface area contributed by atoms with E-state index in [1.54, 1.807) is 0 Å². The maximum absolute atomic E-state index is 2.71. The van der Waals surface area contributed by atoms with Gasteiger partial charge in [-0.25, -0.2) is 0 Å². The van der Waals surface area contributed by atoms with E-state index >= 15 is 0 Å². The van der Waals surface area contributed by atoms with Crippen LogP contribution in [0.2, 0.25) is 0 Å². The zero-order valence-corrected chi connectivity index (χ0v) is 53.2. The van der Waals surface area contributed by atoms with E-state index in [-0.39, 0.29) is 33.8 Å².